The second-order valence-corrected chi connectivity index (χ2v) is 5.33. The van der Waals surface area contributed by atoms with Gasteiger partial charge in [-0.3, -0.25) is 0 Å². The Morgan fingerprint density at radius 1 is 1.00 bits per heavy atom. The van der Waals surface area contributed by atoms with Gasteiger partial charge in [0.05, 0.1) is 0 Å². The van der Waals surface area contributed by atoms with E-state index < -0.39 is 20.9 Å². The Kier molecular flexibility index (Phi) is 2.45. The van der Waals surface area contributed by atoms with Crippen LogP contribution in [-0.4, -0.2) is 20.9 Å². The molecule has 9 heavy (non-hydrogen) atoms. The SMILES string of the molecule is [F][SnH]([F])[c]1ccccc1. The van der Waals surface area contributed by atoms with Crippen molar-refractivity contribution in [3.63, 3.8) is 0 Å². The van der Waals surface area contributed by atoms with Crippen LogP contribution in [0, 0.1) is 0 Å². The summed E-state index contributed by atoms with van der Waals surface area (Å²) in [6.07, 6.45) is 0. The van der Waals surface area contributed by atoms with Crippen molar-refractivity contribution in [2.24, 2.45) is 0 Å². The third-order valence-electron chi connectivity index (χ3n) is 1.05. The fourth-order valence-electron chi connectivity index (χ4n) is 0.599. The molecule has 0 aliphatic rings. The maximum atomic E-state index is 12.0. The number of benzene rings is 1. The summed E-state index contributed by atoms with van der Waals surface area (Å²) in [6.45, 7) is 0. The fourth-order valence-corrected chi connectivity index (χ4v) is 2.06. The van der Waals surface area contributed by atoms with Gasteiger partial charge in [-0.15, -0.1) is 0 Å². The van der Waals surface area contributed by atoms with Crippen molar-refractivity contribution in [1.29, 1.82) is 0 Å². The van der Waals surface area contributed by atoms with Gasteiger partial charge in [0, 0.05) is 0 Å². The average molecular weight is 235 g/mol. The first kappa shape index (κ1) is 6.99. The third kappa shape index (κ3) is 1.93. The maximum absolute atomic E-state index is 12.0. The number of halogens is 2. The van der Waals surface area contributed by atoms with Crippen molar-refractivity contribution in [2.75, 3.05) is 0 Å². The van der Waals surface area contributed by atoms with Crippen LogP contribution >= 0.6 is 0 Å². The molecule has 0 unspecified atom stereocenters. The van der Waals surface area contributed by atoms with E-state index in [9.17, 15) is 5.73 Å². The molecule has 1 aromatic rings. The number of hydrogen-bond donors (Lipinski definition) is 0. The molecule has 0 atom stereocenters. The van der Waals surface area contributed by atoms with E-state index in [1.54, 1.807) is 18.2 Å². The van der Waals surface area contributed by atoms with Crippen LogP contribution in [0.4, 0.5) is 5.73 Å². The van der Waals surface area contributed by atoms with Gasteiger partial charge < -0.3 is 0 Å². The summed E-state index contributed by atoms with van der Waals surface area (Å²) in [5.74, 6) is 0. The van der Waals surface area contributed by atoms with Crippen molar-refractivity contribution < 1.29 is 5.73 Å². The minimum absolute atomic E-state index is 0.291. The molecule has 0 aromatic heterocycles. The molecule has 0 aliphatic heterocycles. The van der Waals surface area contributed by atoms with E-state index in [0.717, 1.165) is 0 Å². The molecule has 48 valence electrons. The van der Waals surface area contributed by atoms with Crippen molar-refractivity contribution in [3.05, 3.63) is 30.3 Å². The van der Waals surface area contributed by atoms with E-state index >= 15 is 0 Å². The molecule has 0 radical (unpaired) electrons. The Bertz CT molecular complexity index is 174. The molecule has 0 saturated carbocycles. The summed E-state index contributed by atoms with van der Waals surface area (Å²) in [7, 11) is 0. The molecular formula is C6H6F2Sn. The zero-order valence-corrected chi connectivity index (χ0v) is 8.02. The van der Waals surface area contributed by atoms with Gasteiger partial charge in [-0.2, -0.15) is 0 Å². The zero-order valence-electron chi connectivity index (χ0n) is 4.72. The molecule has 0 saturated heterocycles. The first-order valence-electron chi connectivity index (χ1n) is 2.64. The minimum atomic E-state index is -4.14. The van der Waals surface area contributed by atoms with Gasteiger partial charge >= 0.3 is 60.5 Å². The molecule has 0 nitrogen and oxygen atoms in total. The first-order chi connectivity index (χ1) is 4.30. The summed E-state index contributed by atoms with van der Waals surface area (Å²) in [4.78, 5) is 0. The summed E-state index contributed by atoms with van der Waals surface area (Å²) >= 11 is -4.14. The van der Waals surface area contributed by atoms with Crippen molar-refractivity contribution in [3.8, 4) is 0 Å². The molecule has 0 spiro atoms. The predicted octanol–water partition coefficient (Wildman–Crippen LogP) is 1.05. The van der Waals surface area contributed by atoms with Crippen molar-refractivity contribution >= 4 is 24.5 Å². The van der Waals surface area contributed by atoms with Crippen LogP contribution in [0.5, 0.6) is 0 Å². The first-order valence-corrected chi connectivity index (χ1v) is 6.77. The normalized spacial score (nSPS) is 10.1. The fraction of sp³-hybridized carbons (Fsp3) is 0. The van der Waals surface area contributed by atoms with Crippen LogP contribution in [-0.2, 0) is 0 Å². The van der Waals surface area contributed by atoms with Gasteiger partial charge in [0.1, 0.15) is 0 Å². The van der Waals surface area contributed by atoms with Crippen LogP contribution in [0.15, 0.2) is 30.3 Å². The molecule has 0 heterocycles. The predicted molar refractivity (Wildman–Crippen MR) is 35.4 cm³/mol. The Morgan fingerprint density at radius 2 is 1.56 bits per heavy atom. The number of rotatable bonds is 1. The van der Waals surface area contributed by atoms with Gasteiger partial charge in [0.25, 0.3) is 0 Å². The Balaban J connectivity index is 2.85. The monoisotopic (exact) mass is 236 g/mol. The van der Waals surface area contributed by atoms with Crippen LogP contribution in [0.2, 0.25) is 0 Å². The molecule has 1 aromatic carbocycles. The molecule has 0 amide bonds. The second kappa shape index (κ2) is 3.15. The standard InChI is InChI=1S/C6H5.2FH.Sn.H/c1-2-4-6-5-3-1;;;;/h1-5H;2*1H;;/q;;;+2;/p-2. The summed E-state index contributed by atoms with van der Waals surface area (Å²) in [5, 5.41) is 0. The Labute approximate surface area is 60.8 Å². The van der Waals surface area contributed by atoms with Crippen molar-refractivity contribution in [1.82, 2.24) is 0 Å². The quantitative estimate of drug-likeness (QED) is 0.638. The van der Waals surface area contributed by atoms with Gasteiger partial charge in [0.2, 0.25) is 0 Å². The summed E-state index contributed by atoms with van der Waals surface area (Å²) in [6, 6.07) is 8.05. The molecule has 0 bridgehead atoms. The van der Waals surface area contributed by atoms with E-state index in [0.29, 0.717) is 3.58 Å². The second-order valence-electron chi connectivity index (χ2n) is 1.71. The van der Waals surface area contributed by atoms with E-state index in [4.69, 9.17) is 0 Å². The van der Waals surface area contributed by atoms with Crippen LogP contribution < -0.4 is 3.58 Å². The zero-order chi connectivity index (χ0) is 6.69. The van der Waals surface area contributed by atoms with E-state index in [1.165, 1.54) is 12.1 Å². The van der Waals surface area contributed by atoms with Crippen LogP contribution in [0.25, 0.3) is 0 Å². The van der Waals surface area contributed by atoms with Crippen molar-refractivity contribution in [2.45, 2.75) is 0 Å². The van der Waals surface area contributed by atoms with Gasteiger partial charge in [0.15, 0.2) is 0 Å². The molecular weight excluding hydrogens is 229 g/mol. The molecule has 0 N–H and O–H groups in total. The van der Waals surface area contributed by atoms with Crippen LogP contribution in [0.3, 0.4) is 0 Å². The molecule has 0 aliphatic carbocycles. The third-order valence-corrected chi connectivity index (χ3v) is 3.59. The molecule has 0 fully saturated rings. The van der Waals surface area contributed by atoms with Gasteiger partial charge in [-0.25, -0.2) is 0 Å². The number of hydrogen-bond acceptors (Lipinski definition) is 0. The van der Waals surface area contributed by atoms with E-state index in [1.807, 2.05) is 0 Å². The van der Waals surface area contributed by atoms with E-state index in [-0.39, 0.29) is 0 Å². The Hall–Kier alpha value is -0.121. The molecule has 3 heteroatoms. The van der Waals surface area contributed by atoms with E-state index in [2.05, 4.69) is 0 Å². The summed E-state index contributed by atoms with van der Waals surface area (Å²) < 4.78 is 24.2. The van der Waals surface area contributed by atoms with Gasteiger partial charge in [-0.1, -0.05) is 0 Å². The Morgan fingerprint density at radius 3 is 1.89 bits per heavy atom. The summed E-state index contributed by atoms with van der Waals surface area (Å²) in [5.41, 5.74) is 0. The molecule has 1 rings (SSSR count). The average Bonchev–Trinajstić information content (AvgIpc) is 1.90. The van der Waals surface area contributed by atoms with Crippen LogP contribution in [0.1, 0.15) is 0 Å². The van der Waals surface area contributed by atoms with Gasteiger partial charge in [-0.05, 0) is 0 Å². The topological polar surface area (TPSA) is 0 Å².